The number of carbonyl (C=O) groups is 1. The molecule has 2 aliphatic heterocycles. The van der Waals surface area contributed by atoms with E-state index in [2.05, 4.69) is 15.6 Å². The van der Waals surface area contributed by atoms with Crippen LogP contribution in [0.5, 0.6) is 10.8 Å². The molecule has 3 unspecified atom stereocenters. The first-order valence-electron chi connectivity index (χ1n) is 7.63. The Kier molecular flexibility index (Phi) is 3.97. The van der Waals surface area contributed by atoms with Gasteiger partial charge in [0.05, 0.1) is 4.88 Å². The Morgan fingerprint density at radius 2 is 2.30 bits per heavy atom. The van der Waals surface area contributed by atoms with Crippen molar-refractivity contribution in [1.82, 2.24) is 15.6 Å². The van der Waals surface area contributed by atoms with E-state index in [9.17, 15) is 4.79 Å². The molecule has 4 heterocycles. The van der Waals surface area contributed by atoms with Crippen LogP contribution in [0.1, 0.15) is 28.9 Å². The lowest BCUT2D eigenvalue weighted by Gasteiger charge is -2.20. The van der Waals surface area contributed by atoms with E-state index in [1.807, 2.05) is 0 Å². The molecule has 4 rings (SSSR count). The first kappa shape index (κ1) is 14.9. The van der Waals surface area contributed by atoms with Crippen molar-refractivity contribution in [1.29, 1.82) is 0 Å². The fourth-order valence-corrected chi connectivity index (χ4v) is 4.23. The van der Waals surface area contributed by atoms with Crippen molar-refractivity contribution >= 4 is 28.8 Å². The first-order chi connectivity index (χ1) is 11.2. The summed E-state index contributed by atoms with van der Waals surface area (Å²) in [5.74, 6) is 0.577. The van der Waals surface area contributed by atoms with Crippen molar-refractivity contribution < 1.29 is 9.53 Å². The zero-order valence-corrected chi connectivity index (χ0v) is 13.9. The van der Waals surface area contributed by atoms with Crippen LogP contribution in [0.4, 0.5) is 0 Å². The number of amides is 1. The Morgan fingerprint density at radius 1 is 1.39 bits per heavy atom. The summed E-state index contributed by atoms with van der Waals surface area (Å²) in [6.07, 6.45) is 4.99. The van der Waals surface area contributed by atoms with Crippen LogP contribution in [0, 0.1) is 0 Å². The summed E-state index contributed by atoms with van der Waals surface area (Å²) in [7, 11) is 0. The molecule has 1 amide bonds. The third-order valence-corrected chi connectivity index (χ3v) is 5.51. The molecule has 2 saturated heterocycles. The lowest BCUT2D eigenvalue weighted by Crippen LogP contribution is -2.42. The normalized spacial score (nSPS) is 25.5. The van der Waals surface area contributed by atoms with Crippen molar-refractivity contribution in [2.45, 2.75) is 37.4 Å². The zero-order valence-electron chi connectivity index (χ0n) is 12.3. The standard InChI is InChI=1S/C16H16ClN3O2S/c17-14-8-10(5-6-18-14)22-15-4-3-13(23-15)16(21)20-12-7-9-1-2-11(12)19-9/h3-6,8-9,11-12,19H,1-2,7H2,(H,20,21). The van der Waals surface area contributed by atoms with Gasteiger partial charge < -0.3 is 15.4 Å². The van der Waals surface area contributed by atoms with E-state index in [1.165, 1.54) is 17.8 Å². The predicted octanol–water partition coefficient (Wildman–Crippen LogP) is 3.21. The molecule has 23 heavy (non-hydrogen) atoms. The van der Waals surface area contributed by atoms with E-state index in [1.54, 1.807) is 30.5 Å². The molecule has 2 bridgehead atoms. The summed E-state index contributed by atoms with van der Waals surface area (Å²) < 4.78 is 5.71. The van der Waals surface area contributed by atoms with Gasteiger partial charge in [-0.15, -0.1) is 0 Å². The average molecular weight is 350 g/mol. The van der Waals surface area contributed by atoms with Crippen LogP contribution in [-0.2, 0) is 0 Å². The lowest BCUT2D eigenvalue weighted by molar-refractivity contribution is 0.0935. The second kappa shape index (κ2) is 6.11. The molecule has 2 N–H and O–H groups in total. The number of fused-ring (bicyclic) bond motifs is 2. The van der Waals surface area contributed by atoms with E-state index >= 15 is 0 Å². The summed E-state index contributed by atoms with van der Waals surface area (Å²) >= 11 is 7.16. The second-order valence-electron chi connectivity index (χ2n) is 5.90. The highest BCUT2D eigenvalue weighted by Gasteiger charge is 2.39. The number of hydrogen-bond acceptors (Lipinski definition) is 5. The van der Waals surface area contributed by atoms with E-state index in [0.29, 0.717) is 32.9 Å². The molecule has 2 fully saturated rings. The molecular formula is C16H16ClN3O2S. The summed E-state index contributed by atoms with van der Waals surface area (Å²) in [6.45, 7) is 0. The molecular weight excluding hydrogens is 334 g/mol. The fourth-order valence-electron chi connectivity index (χ4n) is 3.28. The monoisotopic (exact) mass is 349 g/mol. The van der Waals surface area contributed by atoms with Gasteiger partial charge in [-0.05, 0) is 37.5 Å². The van der Waals surface area contributed by atoms with Crippen molar-refractivity contribution in [3.05, 3.63) is 40.5 Å². The fraction of sp³-hybridized carbons (Fsp3) is 0.375. The summed E-state index contributed by atoms with van der Waals surface area (Å²) in [6, 6.07) is 8.20. The van der Waals surface area contributed by atoms with Crippen molar-refractivity contribution in [2.24, 2.45) is 0 Å². The molecule has 2 aromatic rings. The predicted molar refractivity (Wildman–Crippen MR) is 89.5 cm³/mol. The molecule has 2 aliphatic rings. The second-order valence-corrected chi connectivity index (χ2v) is 7.33. The van der Waals surface area contributed by atoms with Crippen LogP contribution in [0.15, 0.2) is 30.5 Å². The van der Waals surface area contributed by atoms with Gasteiger partial charge >= 0.3 is 0 Å². The van der Waals surface area contributed by atoms with E-state index < -0.39 is 0 Å². The van der Waals surface area contributed by atoms with Gasteiger partial charge in [-0.2, -0.15) is 0 Å². The van der Waals surface area contributed by atoms with E-state index in [-0.39, 0.29) is 11.9 Å². The highest BCUT2D eigenvalue weighted by Crippen LogP contribution is 2.31. The maximum atomic E-state index is 12.4. The minimum Gasteiger partial charge on any atom is -0.447 e. The zero-order chi connectivity index (χ0) is 15.8. The van der Waals surface area contributed by atoms with Gasteiger partial charge in [-0.25, -0.2) is 4.98 Å². The molecule has 5 nitrogen and oxygen atoms in total. The average Bonchev–Trinajstić information content (AvgIpc) is 3.23. The Morgan fingerprint density at radius 3 is 3.04 bits per heavy atom. The topological polar surface area (TPSA) is 63.2 Å². The van der Waals surface area contributed by atoms with Gasteiger partial charge in [-0.1, -0.05) is 22.9 Å². The minimum atomic E-state index is -0.0306. The smallest absolute Gasteiger partial charge is 0.261 e. The number of aromatic nitrogens is 1. The molecule has 0 saturated carbocycles. The van der Waals surface area contributed by atoms with Crippen molar-refractivity contribution in [3.8, 4) is 10.8 Å². The molecule has 120 valence electrons. The third-order valence-electron chi connectivity index (χ3n) is 4.34. The Hall–Kier alpha value is -1.63. The van der Waals surface area contributed by atoms with Crippen LogP contribution in [-0.4, -0.2) is 29.0 Å². The van der Waals surface area contributed by atoms with E-state index in [4.69, 9.17) is 16.3 Å². The van der Waals surface area contributed by atoms with Crippen molar-refractivity contribution in [2.75, 3.05) is 0 Å². The number of carbonyl (C=O) groups excluding carboxylic acids is 1. The quantitative estimate of drug-likeness (QED) is 0.832. The number of rotatable bonds is 4. The molecule has 3 atom stereocenters. The van der Waals surface area contributed by atoms with Crippen LogP contribution in [0.3, 0.4) is 0 Å². The molecule has 2 aromatic heterocycles. The van der Waals surface area contributed by atoms with Crippen LogP contribution < -0.4 is 15.4 Å². The summed E-state index contributed by atoms with van der Waals surface area (Å²) in [5.41, 5.74) is 0. The number of hydrogen-bond donors (Lipinski definition) is 2. The number of nitrogens with zero attached hydrogens (tertiary/aromatic N) is 1. The highest BCUT2D eigenvalue weighted by atomic mass is 35.5. The molecule has 0 spiro atoms. The Bertz CT molecular complexity index is 736. The van der Waals surface area contributed by atoms with Gasteiger partial charge in [0.2, 0.25) is 0 Å². The number of ether oxygens (including phenoxy) is 1. The van der Waals surface area contributed by atoms with Crippen LogP contribution in [0.2, 0.25) is 5.15 Å². The summed E-state index contributed by atoms with van der Waals surface area (Å²) in [4.78, 5) is 16.9. The van der Waals surface area contributed by atoms with Gasteiger partial charge in [0.1, 0.15) is 10.9 Å². The van der Waals surface area contributed by atoms with Crippen molar-refractivity contribution in [3.63, 3.8) is 0 Å². The maximum absolute atomic E-state index is 12.4. The first-order valence-corrected chi connectivity index (χ1v) is 8.83. The lowest BCUT2D eigenvalue weighted by atomic mass is 9.95. The van der Waals surface area contributed by atoms with Gasteiger partial charge in [-0.3, -0.25) is 4.79 Å². The van der Waals surface area contributed by atoms with Gasteiger partial charge in [0.15, 0.2) is 5.06 Å². The third kappa shape index (κ3) is 3.20. The largest absolute Gasteiger partial charge is 0.447 e. The molecule has 7 heteroatoms. The number of pyridine rings is 1. The molecule has 0 radical (unpaired) electrons. The minimum absolute atomic E-state index is 0.0306. The SMILES string of the molecule is O=C(NC1CC2CCC1N2)c1ccc(Oc2ccnc(Cl)c2)s1. The number of nitrogens with one attached hydrogen (secondary N) is 2. The van der Waals surface area contributed by atoms with E-state index in [0.717, 1.165) is 12.8 Å². The summed E-state index contributed by atoms with van der Waals surface area (Å²) in [5, 5.41) is 7.69. The molecule has 0 aromatic carbocycles. The highest BCUT2D eigenvalue weighted by molar-refractivity contribution is 7.15. The van der Waals surface area contributed by atoms with Gasteiger partial charge in [0.25, 0.3) is 5.91 Å². The Balaban J connectivity index is 1.40. The number of halogens is 1. The van der Waals surface area contributed by atoms with Crippen LogP contribution in [0.25, 0.3) is 0 Å². The van der Waals surface area contributed by atoms with Gasteiger partial charge in [0, 0.05) is 30.4 Å². The maximum Gasteiger partial charge on any atom is 0.261 e. The number of thiophene rings is 1. The van der Waals surface area contributed by atoms with Crippen LogP contribution >= 0.6 is 22.9 Å². The Labute approximate surface area is 143 Å². The molecule has 0 aliphatic carbocycles.